The van der Waals surface area contributed by atoms with Crippen LogP contribution in [0.4, 0.5) is 0 Å². The topological polar surface area (TPSA) is 78.5 Å². The van der Waals surface area contributed by atoms with Gasteiger partial charge in [0.15, 0.2) is 0 Å². The second-order valence-corrected chi connectivity index (χ2v) is 8.48. The molecule has 30 heavy (non-hydrogen) atoms. The van der Waals surface area contributed by atoms with Gasteiger partial charge in [0.05, 0.1) is 5.69 Å². The van der Waals surface area contributed by atoms with Crippen molar-refractivity contribution in [3.63, 3.8) is 0 Å². The number of pyridine rings is 1. The number of benzene rings is 2. The van der Waals surface area contributed by atoms with E-state index in [2.05, 4.69) is 0 Å². The quantitative estimate of drug-likeness (QED) is 0.483. The first-order chi connectivity index (χ1) is 14.3. The molecule has 0 atom stereocenters. The van der Waals surface area contributed by atoms with Crippen molar-refractivity contribution < 1.29 is 17.1 Å². The minimum atomic E-state index is -4.19. The molecule has 2 aromatic carbocycles. The average Bonchev–Trinajstić information content (AvgIpc) is 3.12. The Morgan fingerprint density at radius 3 is 2.37 bits per heavy atom. The Hall–Kier alpha value is -3.58. The van der Waals surface area contributed by atoms with E-state index >= 15 is 0 Å². The summed E-state index contributed by atoms with van der Waals surface area (Å²) in [5.74, 6) is 0.568. The van der Waals surface area contributed by atoms with Gasteiger partial charge in [-0.25, -0.2) is 0 Å². The van der Waals surface area contributed by atoms with Crippen molar-refractivity contribution in [2.75, 3.05) is 0 Å². The zero-order valence-corrected chi connectivity index (χ0v) is 17.2. The van der Waals surface area contributed by atoms with Crippen LogP contribution >= 0.6 is 0 Å². The van der Waals surface area contributed by atoms with E-state index in [1.54, 1.807) is 37.3 Å². The fourth-order valence-electron chi connectivity index (χ4n) is 3.01. The van der Waals surface area contributed by atoms with E-state index in [1.807, 2.05) is 37.3 Å². The van der Waals surface area contributed by atoms with Gasteiger partial charge in [-0.05, 0) is 61.9 Å². The van der Waals surface area contributed by atoms with E-state index in [0.717, 1.165) is 21.3 Å². The third-order valence-corrected chi connectivity index (χ3v) is 5.70. The fourth-order valence-corrected chi connectivity index (χ4v) is 3.92. The number of aryl methyl sites for hydroxylation is 2. The van der Waals surface area contributed by atoms with Crippen molar-refractivity contribution in [2.45, 2.75) is 18.7 Å². The third kappa shape index (κ3) is 4.06. The molecular weight excluding hydrogens is 402 g/mol. The van der Waals surface area contributed by atoms with Crippen LogP contribution in [0.5, 0.6) is 0 Å². The lowest BCUT2D eigenvalue weighted by molar-refractivity contribution is 0.264. The molecule has 6 nitrogen and oxygen atoms in total. The van der Waals surface area contributed by atoms with Crippen LogP contribution in [0.15, 0.2) is 80.8 Å². The Labute approximate surface area is 173 Å². The van der Waals surface area contributed by atoms with E-state index in [-0.39, 0.29) is 10.6 Å². The summed E-state index contributed by atoms with van der Waals surface area (Å²) in [5, 5.41) is 0.942. The average molecular weight is 421 g/mol. The molecule has 0 saturated carbocycles. The van der Waals surface area contributed by atoms with E-state index < -0.39 is 15.7 Å². The van der Waals surface area contributed by atoms with Crippen LogP contribution in [0.25, 0.3) is 23.1 Å². The van der Waals surface area contributed by atoms with E-state index in [4.69, 9.17) is 8.70 Å². The van der Waals surface area contributed by atoms with Crippen LogP contribution in [0.2, 0.25) is 0 Å². The number of hydrogen-bond acceptors (Lipinski definition) is 5. The van der Waals surface area contributed by atoms with Gasteiger partial charge >= 0.3 is 10.1 Å². The SMILES string of the molecule is Cc1ccc(S(=O)(=O)On2c(/C=C/c3cc4ccccc4o3)cc(C)cc2=O)cc1. The lowest BCUT2D eigenvalue weighted by Crippen LogP contribution is -2.32. The van der Waals surface area contributed by atoms with Gasteiger partial charge in [0.1, 0.15) is 16.2 Å². The fraction of sp³-hybridized carbons (Fsp3) is 0.0870. The monoisotopic (exact) mass is 421 g/mol. The van der Waals surface area contributed by atoms with Gasteiger partial charge in [0.2, 0.25) is 0 Å². The molecule has 0 N–H and O–H groups in total. The normalized spacial score (nSPS) is 11.9. The summed E-state index contributed by atoms with van der Waals surface area (Å²) in [7, 11) is -4.19. The van der Waals surface area contributed by atoms with Gasteiger partial charge in [-0.15, -0.1) is 4.73 Å². The first kappa shape index (κ1) is 19.7. The Morgan fingerprint density at radius 2 is 1.63 bits per heavy atom. The van der Waals surface area contributed by atoms with Crippen LogP contribution < -0.4 is 9.84 Å². The molecule has 0 aliphatic carbocycles. The molecule has 0 unspecified atom stereocenters. The maximum absolute atomic E-state index is 12.7. The standard InChI is InChI=1S/C23H19NO5S/c1-16-7-11-21(12-8-16)30(26,27)29-24-19(13-17(2)14-23(24)25)9-10-20-15-18-5-3-4-6-22(18)28-20/h3-15H,1-2H3/b10-9+. The molecule has 2 aromatic heterocycles. The summed E-state index contributed by atoms with van der Waals surface area (Å²) < 4.78 is 37.0. The highest BCUT2D eigenvalue weighted by molar-refractivity contribution is 7.87. The van der Waals surface area contributed by atoms with Gasteiger partial charge in [0, 0.05) is 11.5 Å². The van der Waals surface area contributed by atoms with Crippen molar-refractivity contribution in [3.8, 4) is 0 Å². The summed E-state index contributed by atoms with van der Waals surface area (Å²) in [4.78, 5) is 12.5. The molecule has 4 aromatic rings. The van der Waals surface area contributed by atoms with Crippen LogP contribution in [-0.4, -0.2) is 13.1 Å². The predicted octanol–water partition coefficient (Wildman–Crippen LogP) is 4.20. The predicted molar refractivity (Wildman–Crippen MR) is 116 cm³/mol. The van der Waals surface area contributed by atoms with Crippen molar-refractivity contribution in [2.24, 2.45) is 0 Å². The maximum atomic E-state index is 12.7. The first-order valence-corrected chi connectivity index (χ1v) is 10.6. The highest BCUT2D eigenvalue weighted by Crippen LogP contribution is 2.21. The van der Waals surface area contributed by atoms with Gasteiger partial charge < -0.3 is 4.42 Å². The number of aromatic nitrogens is 1. The van der Waals surface area contributed by atoms with Crippen molar-refractivity contribution in [1.29, 1.82) is 0 Å². The van der Waals surface area contributed by atoms with Gasteiger partial charge in [0.25, 0.3) is 5.56 Å². The lowest BCUT2D eigenvalue weighted by atomic mass is 10.2. The summed E-state index contributed by atoms with van der Waals surface area (Å²) in [6.07, 6.45) is 3.24. The van der Waals surface area contributed by atoms with Crippen molar-refractivity contribution in [1.82, 2.24) is 4.73 Å². The molecule has 7 heteroatoms. The molecule has 2 heterocycles. The Bertz CT molecular complexity index is 1380. The second-order valence-electron chi connectivity index (χ2n) is 6.95. The number of rotatable bonds is 5. The summed E-state index contributed by atoms with van der Waals surface area (Å²) in [6.45, 7) is 3.60. The van der Waals surface area contributed by atoms with E-state index in [0.29, 0.717) is 11.3 Å². The number of fused-ring (bicyclic) bond motifs is 1. The molecule has 0 saturated heterocycles. The summed E-state index contributed by atoms with van der Waals surface area (Å²) in [5.41, 5.74) is 2.01. The molecule has 0 spiro atoms. The largest absolute Gasteiger partial charge is 0.457 e. The molecule has 0 aliphatic heterocycles. The molecule has 0 bridgehead atoms. The van der Waals surface area contributed by atoms with Gasteiger partial charge in [-0.1, -0.05) is 35.9 Å². The number of para-hydroxylation sites is 1. The molecule has 0 fully saturated rings. The summed E-state index contributed by atoms with van der Waals surface area (Å²) in [6, 6.07) is 18.6. The van der Waals surface area contributed by atoms with Crippen LogP contribution in [0, 0.1) is 13.8 Å². The Morgan fingerprint density at radius 1 is 0.900 bits per heavy atom. The van der Waals surface area contributed by atoms with Gasteiger partial charge in [-0.2, -0.15) is 8.42 Å². The molecule has 0 aliphatic rings. The molecule has 4 rings (SSSR count). The highest BCUT2D eigenvalue weighted by Gasteiger charge is 2.19. The Balaban J connectivity index is 1.72. The number of furan rings is 1. The first-order valence-electron chi connectivity index (χ1n) is 9.24. The number of hydrogen-bond donors (Lipinski definition) is 0. The van der Waals surface area contributed by atoms with Crippen LogP contribution in [0.3, 0.4) is 0 Å². The second kappa shape index (κ2) is 7.68. The van der Waals surface area contributed by atoms with Gasteiger partial charge in [-0.3, -0.25) is 9.08 Å². The molecule has 152 valence electrons. The van der Waals surface area contributed by atoms with Crippen LogP contribution in [0.1, 0.15) is 22.6 Å². The Kier molecular flexibility index (Phi) is 5.05. The van der Waals surface area contributed by atoms with Crippen LogP contribution in [-0.2, 0) is 10.1 Å². The molecular formula is C23H19NO5S. The lowest BCUT2D eigenvalue weighted by Gasteiger charge is -2.12. The van der Waals surface area contributed by atoms with E-state index in [1.165, 1.54) is 18.2 Å². The van der Waals surface area contributed by atoms with E-state index in [9.17, 15) is 13.2 Å². The zero-order chi connectivity index (χ0) is 21.3. The minimum Gasteiger partial charge on any atom is -0.457 e. The minimum absolute atomic E-state index is 0.0345. The van der Waals surface area contributed by atoms with Crippen molar-refractivity contribution in [3.05, 3.63) is 99.7 Å². The maximum Gasteiger partial charge on any atom is 0.357 e. The number of nitrogens with zero attached hydrogens (tertiary/aromatic N) is 1. The molecule has 0 radical (unpaired) electrons. The smallest absolute Gasteiger partial charge is 0.357 e. The summed E-state index contributed by atoms with van der Waals surface area (Å²) >= 11 is 0. The molecule has 0 amide bonds. The zero-order valence-electron chi connectivity index (χ0n) is 16.4. The third-order valence-electron chi connectivity index (χ3n) is 4.51. The highest BCUT2D eigenvalue weighted by atomic mass is 32.2. The van der Waals surface area contributed by atoms with Crippen molar-refractivity contribution >= 4 is 33.2 Å².